The van der Waals surface area contributed by atoms with Gasteiger partial charge in [0.25, 0.3) is 0 Å². The largest absolute Gasteiger partial charge is 0.416 e. The van der Waals surface area contributed by atoms with Crippen LogP contribution in [0.2, 0.25) is 0 Å². The molecule has 0 bridgehead atoms. The summed E-state index contributed by atoms with van der Waals surface area (Å²) in [6, 6.07) is 5.47. The van der Waals surface area contributed by atoms with E-state index in [9.17, 15) is 13.2 Å². The number of halogens is 3. The van der Waals surface area contributed by atoms with E-state index in [1.807, 2.05) is 0 Å². The SMILES string of the molecule is FC(F)(F)c1ccc(SCC2CCCNCC2)cc1. The van der Waals surface area contributed by atoms with E-state index in [-0.39, 0.29) is 0 Å². The molecule has 0 radical (unpaired) electrons. The summed E-state index contributed by atoms with van der Waals surface area (Å²) in [6.07, 6.45) is -0.678. The van der Waals surface area contributed by atoms with Gasteiger partial charge < -0.3 is 5.32 Å². The van der Waals surface area contributed by atoms with Crippen molar-refractivity contribution >= 4 is 11.8 Å². The molecule has 1 atom stereocenters. The molecule has 2 rings (SSSR count). The minimum absolute atomic E-state index is 0.574. The Bertz CT molecular complexity index is 381. The molecule has 1 aliphatic rings. The molecule has 1 N–H and O–H groups in total. The van der Waals surface area contributed by atoms with Crippen molar-refractivity contribution in [2.75, 3.05) is 18.8 Å². The molecule has 5 heteroatoms. The molecule has 19 heavy (non-hydrogen) atoms. The van der Waals surface area contributed by atoms with Crippen molar-refractivity contribution in [3.8, 4) is 0 Å². The van der Waals surface area contributed by atoms with Crippen LogP contribution in [0.25, 0.3) is 0 Å². The van der Waals surface area contributed by atoms with Crippen molar-refractivity contribution in [1.29, 1.82) is 0 Å². The van der Waals surface area contributed by atoms with Crippen LogP contribution in [0.4, 0.5) is 13.2 Å². The fourth-order valence-electron chi connectivity index (χ4n) is 2.21. The summed E-state index contributed by atoms with van der Waals surface area (Å²) in [4.78, 5) is 0.921. The Hall–Kier alpha value is -0.680. The molecule has 1 saturated heterocycles. The monoisotopic (exact) mass is 289 g/mol. The highest BCUT2D eigenvalue weighted by atomic mass is 32.2. The second-order valence-electron chi connectivity index (χ2n) is 4.88. The number of alkyl halides is 3. The van der Waals surface area contributed by atoms with Crippen LogP contribution in [0, 0.1) is 5.92 Å². The van der Waals surface area contributed by atoms with E-state index in [4.69, 9.17) is 0 Å². The predicted molar refractivity (Wildman–Crippen MR) is 72.4 cm³/mol. The van der Waals surface area contributed by atoms with E-state index in [2.05, 4.69) is 5.32 Å². The van der Waals surface area contributed by atoms with Crippen LogP contribution < -0.4 is 5.32 Å². The lowest BCUT2D eigenvalue weighted by molar-refractivity contribution is -0.137. The summed E-state index contributed by atoms with van der Waals surface area (Å²) in [6.45, 7) is 2.14. The molecule has 1 fully saturated rings. The van der Waals surface area contributed by atoms with Crippen LogP contribution >= 0.6 is 11.8 Å². The Labute approximate surface area is 116 Å². The number of hydrogen-bond donors (Lipinski definition) is 1. The zero-order valence-electron chi connectivity index (χ0n) is 10.7. The van der Waals surface area contributed by atoms with Crippen molar-refractivity contribution in [2.45, 2.75) is 30.3 Å². The summed E-state index contributed by atoms with van der Waals surface area (Å²) >= 11 is 1.66. The third kappa shape index (κ3) is 4.73. The minimum Gasteiger partial charge on any atom is -0.317 e. The standard InChI is InChI=1S/C14H18F3NS/c15-14(16,17)12-3-5-13(6-4-12)19-10-11-2-1-8-18-9-7-11/h3-6,11,18H,1-2,7-10H2. The molecule has 1 unspecified atom stereocenters. The van der Waals surface area contributed by atoms with Crippen LogP contribution in [0.3, 0.4) is 0 Å². The molecule has 0 spiro atoms. The quantitative estimate of drug-likeness (QED) is 0.837. The highest BCUT2D eigenvalue weighted by molar-refractivity contribution is 7.99. The van der Waals surface area contributed by atoms with Gasteiger partial charge in [-0.25, -0.2) is 0 Å². The molecule has 0 saturated carbocycles. The summed E-state index contributed by atoms with van der Waals surface area (Å²) < 4.78 is 37.3. The average molecular weight is 289 g/mol. The Kier molecular flexibility index (Phi) is 5.16. The molecule has 1 heterocycles. The number of nitrogens with one attached hydrogen (secondary N) is 1. The molecule has 1 aromatic rings. The Morgan fingerprint density at radius 3 is 2.53 bits per heavy atom. The first-order valence-electron chi connectivity index (χ1n) is 6.56. The van der Waals surface area contributed by atoms with Crippen LogP contribution in [0.15, 0.2) is 29.2 Å². The summed E-state index contributed by atoms with van der Waals surface area (Å²) in [5, 5.41) is 3.37. The number of hydrogen-bond acceptors (Lipinski definition) is 2. The van der Waals surface area contributed by atoms with E-state index in [1.54, 1.807) is 23.9 Å². The zero-order chi connectivity index (χ0) is 13.7. The molecule has 1 aromatic carbocycles. The maximum absolute atomic E-state index is 12.4. The average Bonchev–Trinajstić information content (AvgIpc) is 2.64. The van der Waals surface area contributed by atoms with E-state index >= 15 is 0 Å². The predicted octanol–water partition coefficient (Wildman–Crippen LogP) is 4.19. The van der Waals surface area contributed by atoms with Gasteiger partial charge in [-0.05, 0) is 62.5 Å². The van der Waals surface area contributed by atoms with Gasteiger partial charge in [0.1, 0.15) is 0 Å². The summed E-state index contributed by atoms with van der Waals surface area (Å²) in [5.74, 6) is 1.66. The molecular formula is C14H18F3NS. The lowest BCUT2D eigenvalue weighted by atomic mass is 10.0. The van der Waals surface area contributed by atoms with E-state index in [0.29, 0.717) is 5.92 Å². The van der Waals surface area contributed by atoms with Gasteiger partial charge in [-0.1, -0.05) is 0 Å². The molecule has 0 aliphatic carbocycles. The van der Waals surface area contributed by atoms with Crippen LogP contribution in [0.1, 0.15) is 24.8 Å². The molecular weight excluding hydrogens is 271 g/mol. The van der Waals surface area contributed by atoms with Gasteiger partial charge in [0, 0.05) is 10.6 Å². The van der Waals surface area contributed by atoms with E-state index in [0.717, 1.165) is 42.3 Å². The normalized spacial score (nSPS) is 21.1. The van der Waals surface area contributed by atoms with Crippen molar-refractivity contribution in [3.63, 3.8) is 0 Å². The van der Waals surface area contributed by atoms with Crippen molar-refractivity contribution in [2.24, 2.45) is 5.92 Å². The fraction of sp³-hybridized carbons (Fsp3) is 0.571. The first-order valence-corrected chi connectivity index (χ1v) is 7.55. The van der Waals surface area contributed by atoms with Crippen LogP contribution in [-0.2, 0) is 6.18 Å². The lowest BCUT2D eigenvalue weighted by Gasteiger charge is -2.13. The number of rotatable bonds is 3. The highest BCUT2D eigenvalue weighted by Crippen LogP contribution is 2.31. The van der Waals surface area contributed by atoms with Gasteiger partial charge in [-0.2, -0.15) is 13.2 Å². The second kappa shape index (κ2) is 6.66. The van der Waals surface area contributed by atoms with Crippen molar-refractivity contribution in [1.82, 2.24) is 5.32 Å². The van der Waals surface area contributed by atoms with Crippen molar-refractivity contribution < 1.29 is 13.2 Å². The number of benzene rings is 1. The van der Waals surface area contributed by atoms with E-state index < -0.39 is 11.7 Å². The summed E-state index contributed by atoms with van der Waals surface area (Å²) in [7, 11) is 0. The third-order valence-corrected chi connectivity index (χ3v) is 4.61. The second-order valence-corrected chi connectivity index (χ2v) is 5.97. The third-order valence-electron chi connectivity index (χ3n) is 3.36. The van der Waals surface area contributed by atoms with E-state index in [1.165, 1.54) is 12.8 Å². The Morgan fingerprint density at radius 1 is 1.11 bits per heavy atom. The van der Waals surface area contributed by atoms with Gasteiger partial charge in [-0.15, -0.1) is 11.8 Å². The highest BCUT2D eigenvalue weighted by Gasteiger charge is 2.29. The topological polar surface area (TPSA) is 12.0 Å². The first kappa shape index (κ1) is 14.7. The molecule has 1 aliphatic heterocycles. The first-order chi connectivity index (χ1) is 9.05. The van der Waals surface area contributed by atoms with Gasteiger partial charge in [0.2, 0.25) is 0 Å². The zero-order valence-corrected chi connectivity index (χ0v) is 11.5. The Morgan fingerprint density at radius 2 is 1.84 bits per heavy atom. The lowest BCUT2D eigenvalue weighted by Crippen LogP contribution is -2.14. The maximum atomic E-state index is 12.4. The van der Waals surface area contributed by atoms with Crippen molar-refractivity contribution in [3.05, 3.63) is 29.8 Å². The minimum atomic E-state index is -4.24. The fourth-order valence-corrected chi connectivity index (χ4v) is 3.30. The Balaban J connectivity index is 1.85. The van der Waals surface area contributed by atoms with Gasteiger partial charge in [-0.3, -0.25) is 0 Å². The van der Waals surface area contributed by atoms with Gasteiger partial charge in [0.05, 0.1) is 5.56 Å². The van der Waals surface area contributed by atoms with Gasteiger partial charge in [0.15, 0.2) is 0 Å². The van der Waals surface area contributed by atoms with Gasteiger partial charge >= 0.3 is 6.18 Å². The molecule has 106 valence electrons. The number of thioether (sulfide) groups is 1. The summed E-state index contributed by atoms with van der Waals surface area (Å²) in [5.41, 5.74) is -0.574. The van der Waals surface area contributed by atoms with Crippen LogP contribution in [-0.4, -0.2) is 18.8 Å². The molecule has 1 nitrogen and oxygen atoms in total. The molecule has 0 aromatic heterocycles. The molecule has 0 amide bonds. The smallest absolute Gasteiger partial charge is 0.317 e. The maximum Gasteiger partial charge on any atom is 0.416 e. The van der Waals surface area contributed by atoms with Crippen LogP contribution in [0.5, 0.6) is 0 Å².